The Labute approximate surface area is 157 Å². The minimum atomic E-state index is -3.39. The highest BCUT2D eigenvalue weighted by molar-refractivity contribution is 7.88. The highest BCUT2D eigenvalue weighted by Crippen LogP contribution is 2.16. The van der Waals surface area contributed by atoms with Gasteiger partial charge in [-0.2, -0.15) is 4.31 Å². The number of guanidine groups is 1. The first-order valence-corrected chi connectivity index (χ1v) is 10.8. The molecule has 26 heavy (non-hydrogen) atoms. The van der Waals surface area contributed by atoms with E-state index >= 15 is 0 Å². The van der Waals surface area contributed by atoms with Crippen LogP contribution in [-0.2, 0) is 22.3 Å². The molecule has 1 aliphatic heterocycles. The average Bonchev–Trinajstić information content (AvgIpc) is 3.27. The van der Waals surface area contributed by atoms with Gasteiger partial charge < -0.3 is 14.7 Å². The number of hydrogen-bond donors (Lipinski definition) is 1. The molecule has 0 aromatic carbocycles. The van der Waals surface area contributed by atoms with Crippen LogP contribution in [0.2, 0.25) is 0 Å². The smallest absolute Gasteiger partial charge is 0.220 e. The minimum Gasteiger partial charge on any atom is -0.364 e. The lowest BCUT2D eigenvalue weighted by molar-refractivity contribution is 0.260. The summed E-state index contributed by atoms with van der Waals surface area (Å²) in [5, 5.41) is 9.13. The summed E-state index contributed by atoms with van der Waals surface area (Å²) in [6, 6.07) is 3.68. The van der Waals surface area contributed by atoms with Crippen LogP contribution in [0.5, 0.6) is 0 Å². The first kappa shape index (κ1) is 18.9. The number of sulfonamides is 1. The molecule has 1 N–H and O–H groups in total. The molecule has 0 unspecified atom stereocenters. The van der Waals surface area contributed by atoms with E-state index in [1.807, 2.05) is 0 Å². The number of piperazine rings is 1. The second-order valence-corrected chi connectivity index (χ2v) is 9.03. The van der Waals surface area contributed by atoms with Crippen LogP contribution in [0.4, 0.5) is 0 Å². The van der Waals surface area contributed by atoms with Crippen LogP contribution >= 0.6 is 11.3 Å². The third-order valence-electron chi connectivity index (χ3n) is 4.34. The summed E-state index contributed by atoms with van der Waals surface area (Å²) in [7, 11) is -1.64. The molecule has 1 saturated heterocycles. The molecule has 0 saturated carbocycles. The van der Waals surface area contributed by atoms with Crippen LogP contribution in [0.15, 0.2) is 33.3 Å². The van der Waals surface area contributed by atoms with E-state index < -0.39 is 10.0 Å². The van der Waals surface area contributed by atoms with Crippen molar-refractivity contribution in [2.24, 2.45) is 4.99 Å². The third kappa shape index (κ3) is 4.43. The van der Waals surface area contributed by atoms with Crippen molar-refractivity contribution < 1.29 is 12.9 Å². The molecule has 3 rings (SSSR count). The Morgan fingerprint density at radius 1 is 1.35 bits per heavy atom. The second kappa shape index (κ2) is 8.19. The Kier molecular flexibility index (Phi) is 5.94. The summed E-state index contributed by atoms with van der Waals surface area (Å²) in [4.78, 5) is 7.70. The van der Waals surface area contributed by atoms with Crippen LogP contribution in [-0.4, -0.2) is 62.0 Å². The van der Waals surface area contributed by atoms with Gasteiger partial charge in [0.2, 0.25) is 10.0 Å². The van der Waals surface area contributed by atoms with Gasteiger partial charge in [-0.05, 0) is 23.9 Å². The minimum absolute atomic E-state index is 0.131. The molecule has 8 nitrogen and oxygen atoms in total. The zero-order chi connectivity index (χ0) is 18.6. The van der Waals surface area contributed by atoms with Gasteiger partial charge in [-0.3, -0.25) is 4.99 Å². The third-order valence-corrected chi connectivity index (χ3v) is 7.18. The summed E-state index contributed by atoms with van der Waals surface area (Å²) in [6.45, 7) is 4.87. The Balaban J connectivity index is 1.54. The van der Waals surface area contributed by atoms with Gasteiger partial charge in [0.15, 0.2) is 5.96 Å². The molecule has 10 heteroatoms. The fourth-order valence-electron chi connectivity index (χ4n) is 2.85. The van der Waals surface area contributed by atoms with E-state index in [9.17, 15) is 8.42 Å². The predicted octanol–water partition coefficient (Wildman–Crippen LogP) is 1.27. The van der Waals surface area contributed by atoms with Crippen LogP contribution in [0, 0.1) is 6.92 Å². The van der Waals surface area contributed by atoms with Crippen molar-refractivity contribution in [2.45, 2.75) is 19.2 Å². The maximum atomic E-state index is 12.5. The van der Waals surface area contributed by atoms with E-state index in [-0.39, 0.29) is 5.75 Å². The Bertz CT molecular complexity index is 837. The van der Waals surface area contributed by atoms with Gasteiger partial charge >= 0.3 is 0 Å². The number of thiophene rings is 1. The standard InChI is InChI=1S/C16H23N5O3S2/c1-13-4-10-25-15(13)11-18-16(17-2)20-5-7-21(8-6-20)26(22,23)12-14-3-9-24-19-14/h3-4,9-10H,5-8,11-12H2,1-2H3,(H,17,18). The van der Waals surface area contributed by atoms with E-state index in [2.05, 4.69) is 38.7 Å². The zero-order valence-electron chi connectivity index (χ0n) is 14.9. The Morgan fingerprint density at radius 3 is 2.69 bits per heavy atom. The van der Waals surface area contributed by atoms with Crippen molar-refractivity contribution in [2.75, 3.05) is 33.2 Å². The number of aryl methyl sites for hydroxylation is 1. The summed E-state index contributed by atoms with van der Waals surface area (Å²) in [5.41, 5.74) is 1.69. The molecule has 0 aliphatic carbocycles. The summed E-state index contributed by atoms with van der Waals surface area (Å²) < 4.78 is 31.2. The highest BCUT2D eigenvalue weighted by Gasteiger charge is 2.29. The Morgan fingerprint density at radius 2 is 2.12 bits per heavy atom. The molecule has 1 fully saturated rings. The number of nitrogens with one attached hydrogen (secondary N) is 1. The summed E-state index contributed by atoms with van der Waals surface area (Å²) in [6.07, 6.45) is 1.38. The van der Waals surface area contributed by atoms with Crippen molar-refractivity contribution >= 4 is 27.3 Å². The monoisotopic (exact) mass is 397 g/mol. The number of aromatic nitrogens is 1. The highest BCUT2D eigenvalue weighted by atomic mass is 32.2. The molecule has 0 amide bonds. The molecule has 0 bridgehead atoms. The SMILES string of the molecule is CN=C(NCc1sccc1C)N1CCN(S(=O)(=O)Cc2ccon2)CC1. The predicted molar refractivity (Wildman–Crippen MR) is 102 cm³/mol. The van der Waals surface area contributed by atoms with Crippen molar-refractivity contribution in [1.29, 1.82) is 0 Å². The summed E-state index contributed by atoms with van der Waals surface area (Å²) >= 11 is 1.72. The Hall–Kier alpha value is -1.91. The number of aliphatic imine (C=N–C) groups is 1. The molecular weight excluding hydrogens is 374 g/mol. The molecular formula is C16H23N5O3S2. The number of nitrogens with zero attached hydrogens (tertiary/aromatic N) is 4. The maximum absolute atomic E-state index is 12.5. The van der Waals surface area contributed by atoms with E-state index in [1.165, 1.54) is 21.0 Å². The van der Waals surface area contributed by atoms with Crippen molar-refractivity contribution in [3.05, 3.63) is 39.9 Å². The number of hydrogen-bond acceptors (Lipinski definition) is 6. The lowest BCUT2D eigenvalue weighted by atomic mass is 10.3. The van der Waals surface area contributed by atoms with E-state index in [4.69, 9.17) is 4.52 Å². The topological polar surface area (TPSA) is 91.0 Å². The van der Waals surface area contributed by atoms with Crippen LogP contribution in [0.3, 0.4) is 0 Å². The average molecular weight is 398 g/mol. The lowest BCUT2D eigenvalue weighted by Crippen LogP contribution is -2.53. The van der Waals surface area contributed by atoms with E-state index in [0.29, 0.717) is 31.9 Å². The van der Waals surface area contributed by atoms with Gasteiger partial charge in [0.05, 0.1) is 12.2 Å². The summed E-state index contributed by atoms with van der Waals surface area (Å²) in [5.74, 6) is 0.667. The van der Waals surface area contributed by atoms with Crippen LogP contribution < -0.4 is 5.32 Å². The van der Waals surface area contributed by atoms with Gasteiger partial charge in [-0.15, -0.1) is 11.3 Å². The van der Waals surface area contributed by atoms with Gasteiger partial charge in [0.25, 0.3) is 0 Å². The maximum Gasteiger partial charge on any atom is 0.220 e. The first-order chi connectivity index (χ1) is 12.5. The fraction of sp³-hybridized carbons (Fsp3) is 0.500. The zero-order valence-corrected chi connectivity index (χ0v) is 16.5. The number of rotatable bonds is 5. The van der Waals surface area contributed by atoms with Gasteiger partial charge in [-0.1, -0.05) is 5.16 Å². The molecule has 0 radical (unpaired) electrons. The first-order valence-electron chi connectivity index (χ1n) is 8.35. The van der Waals surface area contributed by atoms with Gasteiger partial charge in [0, 0.05) is 44.2 Å². The molecule has 1 aliphatic rings. The lowest BCUT2D eigenvalue weighted by Gasteiger charge is -2.35. The second-order valence-electron chi connectivity index (χ2n) is 6.06. The molecule has 2 aromatic heterocycles. The molecule has 3 heterocycles. The molecule has 2 aromatic rings. The van der Waals surface area contributed by atoms with Gasteiger partial charge in [0.1, 0.15) is 12.0 Å². The molecule has 142 valence electrons. The quantitative estimate of drug-likeness (QED) is 0.603. The normalized spacial score (nSPS) is 16.8. The molecule has 0 spiro atoms. The molecule has 0 atom stereocenters. The fourth-order valence-corrected chi connectivity index (χ4v) is 5.12. The van der Waals surface area contributed by atoms with E-state index in [1.54, 1.807) is 24.5 Å². The van der Waals surface area contributed by atoms with Gasteiger partial charge in [-0.25, -0.2) is 8.42 Å². The van der Waals surface area contributed by atoms with Crippen molar-refractivity contribution in [3.63, 3.8) is 0 Å². The largest absolute Gasteiger partial charge is 0.364 e. The van der Waals surface area contributed by atoms with Crippen LogP contribution in [0.25, 0.3) is 0 Å². The van der Waals surface area contributed by atoms with E-state index in [0.717, 1.165) is 12.5 Å². The van der Waals surface area contributed by atoms with Crippen LogP contribution in [0.1, 0.15) is 16.1 Å². The van der Waals surface area contributed by atoms with Crippen molar-refractivity contribution in [1.82, 2.24) is 19.7 Å². The van der Waals surface area contributed by atoms with Crippen molar-refractivity contribution in [3.8, 4) is 0 Å².